The lowest BCUT2D eigenvalue weighted by Gasteiger charge is -2.28. The van der Waals surface area contributed by atoms with E-state index >= 15 is 0 Å². The van der Waals surface area contributed by atoms with Crippen LogP contribution in [0.1, 0.15) is 19.3 Å². The number of carbonyl (C=O) groups is 2. The molecule has 5 unspecified atom stereocenters. The molecule has 3 heterocycles. The van der Waals surface area contributed by atoms with Crippen LogP contribution in [0.5, 0.6) is 0 Å². The van der Waals surface area contributed by atoms with E-state index in [2.05, 4.69) is 0 Å². The average molecular weight is 298 g/mol. The van der Waals surface area contributed by atoms with Crippen molar-refractivity contribution in [3.63, 3.8) is 0 Å². The van der Waals surface area contributed by atoms with Gasteiger partial charge in [-0.15, -0.1) is 0 Å². The standard InChI is InChI=1S/C14H22N2O5/c1-20-11-6-15(7-12(11)21-2)14(19)16-8-3-4-10(16)9(5-8)13(17)18/h8-12H,3-7H2,1-2H3,(H,17,18). The van der Waals surface area contributed by atoms with E-state index in [1.807, 2.05) is 0 Å². The van der Waals surface area contributed by atoms with Gasteiger partial charge in [0.25, 0.3) is 0 Å². The van der Waals surface area contributed by atoms with E-state index in [-0.39, 0.29) is 30.3 Å². The maximum Gasteiger partial charge on any atom is 0.320 e. The normalized spacial score (nSPS) is 38.3. The predicted octanol–water partition coefficient (Wildman–Crippen LogP) is 0.390. The zero-order valence-corrected chi connectivity index (χ0v) is 12.4. The molecule has 3 aliphatic rings. The molecule has 3 aliphatic heterocycles. The highest BCUT2D eigenvalue weighted by Crippen LogP contribution is 2.42. The van der Waals surface area contributed by atoms with Gasteiger partial charge in [0.15, 0.2) is 0 Å². The lowest BCUT2D eigenvalue weighted by atomic mass is 9.89. The highest BCUT2D eigenvalue weighted by atomic mass is 16.5. The number of fused-ring (bicyclic) bond motifs is 2. The summed E-state index contributed by atoms with van der Waals surface area (Å²) in [6.45, 7) is 1.00. The lowest BCUT2D eigenvalue weighted by molar-refractivity contribution is -0.142. The molecule has 0 aromatic rings. The SMILES string of the molecule is COC1CN(C(=O)N2C3CCC2C(C(=O)O)C3)CC1OC. The van der Waals surface area contributed by atoms with Crippen LogP contribution in [0.2, 0.25) is 0 Å². The van der Waals surface area contributed by atoms with Crippen molar-refractivity contribution in [1.29, 1.82) is 0 Å². The Bertz CT molecular complexity index is 431. The molecule has 3 rings (SSSR count). The molecule has 7 heteroatoms. The quantitative estimate of drug-likeness (QED) is 0.815. The van der Waals surface area contributed by atoms with Crippen LogP contribution >= 0.6 is 0 Å². The number of likely N-dealkylation sites (tertiary alicyclic amines) is 1. The maximum atomic E-state index is 12.7. The van der Waals surface area contributed by atoms with Crippen LogP contribution in [-0.2, 0) is 14.3 Å². The highest BCUT2D eigenvalue weighted by molar-refractivity contribution is 5.79. The van der Waals surface area contributed by atoms with Crippen LogP contribution in [0.25, 0.3) is 0 Å². The first-order chi connectivity index (χ1) is 10.1. The van der Waals surface area contributed by atoms with Crippen LogP contribution in [-0.4, -0.2) is 78.5 Å². The van der Waals surface area contributed by atoms with Crippen LogP contribution in [0.15, 0.2) is 0 Å². The van der Waals surface area contributed by atoms with Gasteiger partial charge in [0.05, 0.1) is 19.0 Å². The summed E-state index contributed by atoms with van der Waals surface area (Å²) in [7, 11) is 3.23. The molecular weight excluding hydrogens is 276 g/mol. The predicted molar refractivity (Wildman–Crippen MR) is 73.0 cm³/mol. The van der Waals surface area contributed by atoms with Gasteiger partial charge in [0, 0.05) is 26.3 Å². The van der Waals surface area contributed by atoms with Gasteiger partial charge in [-0.2, -0.15) is 0 Å². The average Bonchev–Trinajstić information content (AvgIpc) is 3.17. The second-order valence-electron chi connectivity index (χ2n) is 6.12. The monoisotopic (exact) mass is 298 g/mol. The Morgan fingerprint density at radius 1 is 1.10 bits per heavy atom. The lowest BCUT2D eigenvalue weighted by Crippen LogP contribution is -2.46. The van der Waals surface area contributed by atoms with Gasteiger partial charge in [-0.25, -0.2) is 4.79 Å². The number of methoxy groups -OCH3 is 2. The summed E-state index contributed by atoms with van der Waals surface area (Å²) in [6, 6.07) is -0.137. The summed E-state index contributed by atoms with van der Waals surface area (Å²) in [5.41, 5.74) is 0. The second kappa shape index (κ2) is 5.46. The summed E-state index contributed by atoms with van der Waals surface area (Å²) in [5, 5.41) is 9.27. The number of hydrogen-bond donors (Lipinski definition) is 1. The van der Waals surface area contributed by atoms with Crippen molar-refractivity contribution in [3.05, 3.63) is 0 Å². The number of carboxylic acid groups (broad SMARTS) is 1. The second-order valence-corrected chi connectivity index (χ2v) is 6.12. The molecule has 21 heavy (non-hydrogen) atoms. The number of carbonyl (C=O) groups excluding carboxylic acids is 1. The fraction of sp³-hybridized carbons (Fsp3) is 0.857. The topological polar surface area (TPSA) is 79.3 Å². The minimum Gasteiger partial charge on any atom is -0.481 e. The van der Waals surface area contributed by atoms with Crippen molar-refractivity contribution < 1.29 is 24.2 Å². The minimum absolute atomic E-state index is 0.0622. The molecule has 0 aromatic carbocycles. The first kappa shape index (κ1) is 14.6. The Balaban J connectivity index is 1.71. The Hall–Kier alpha value is -1.34. The van der Waals surface area contributed by atoms with E-state index < -0.39 is 11.9 Å². The van der Waals surface area contributed by atoms with E-state index in [0.717, 1.165) is 12.8 Å². The van der Waals surface area contributed by atoms with Gasteiger partial charge in [-0.05, 0) is 19.3 Å². The van der Waals surface area contributed by atoms with Crippen LogP contribution in [0.4, 0.5) is 4.79 Å². The molecule has 3 fully saturated rings. The summed E-state index contributed by atoms with van der Waals surface area (Å²) >= 11 is 0. The summed E-state index contributed by atoms with van der Waals surface area (Å²) in [4.78, 5) is 27.6. The third-order valence-corrected chi connectivity index (χ3v) is 5.17. The van der Waals surface area contributed by atoms with E-state index in [4.69, 9.17) is 9.47 Å². The molecule has 0 radical (unpaired) electrons. The third-order valence-electron chi connectivity index (χ3n) is 5.17. The Morgan fingerprint density at radius 3 is 2.19 bits per heavy atom. The largest absolute Gasteiger partial charge is 0.481 e. The molecule has 0 saturated carbocycles. The van der Waals surface area contributed by atoms with Gasteiger partial charge < -0.3 is 24.4 Å². The van der Waals surface area contributed by atoms with Crippen LogP contribution < -0.4 is 0 Å². The van der Waals surface area contributed by atoms with E-state index in [9.17, 15) is 14.7 Å². The van der Waals surface area contributed by atoms with E-state index in [0.29, 0.717) is 19.5 Å². The number of urea groups is 1. The van der Waals surface area contributed by atoms with Gasteiger partial charge >= 0.3 is 12.0 Å². The van der Waals surface area contributed by atoms with Gasteiger partial charge in [0.1, 0.15) is 12.2 Å². The van der Waals surface area contributed by atoms with Crippen LogP contribution in [0.3, 0.4) is 0 Å². The molecule has 5 atom stereocenters. The first-order valence-corrected chi connectivity index (χ1v) is 7.42. The zero-order chi connectivity index (χ0) is 15.1. The van der Waals surface area contributed by atoms with E-state index in [1.54, 1.807) is 24.0 Å². The van der Waals surface area contributed by atoms with Crippen molar-refractivity contribution in [2.45, 2.75) is 43.6 Å². The molecular formula is C14H22N2O5. The number of nitrogens with zero attached hydrogens (tertiary/aromatic N) is 2. The number of rotatable bonds is 3. The Labute approximate surface area is 123 Å². The molecule has 0 aliphatic carbocycles. The van der Waals surface area contributed by atoms with Crippen molar-refractivity contribution in [2.24, 2.45) is 5.92 Å². The third kappa shape index (κ3) is 2.28. The molecule has 2 bridgehead atoms. The first-order valence-electron chi connectivity index (χ1n) is 7.42. The molecule has 0 aromatic heterocycles. The molecule has 118 valence electrons. The molecule has 0 spiro atoms. The number of ether oxygens (including phenoxy) is 2. The number of carboxylic acids is 1. The summed E-state index contributed by atoms with van der Waals surface area (Å²) in [6.07, 6.45) is 2.06. The van der Waals surface area contributed by atoms with Gasteiger partial charge in [-0.3, -0.25) is 4.79 Å². The van der Waals surface area contributed by atoms with Crippen molar-refractivity contribution in [1.82, 2.24) is 9.80 Å². The Kier molecular flexibility index (Phi) is 3.79. The maximum absolute atomic E-state index is 12.7. The van der Waals surface area contributed by atoms with Crippen LogP contribution in [0, 0.1) is 5.92 Å². The van der Waals surface area contributed by atoms with Gasteiger partial charge in [0.2, 0.25) is 0 Å². The molecule has 3 saturated heterocycles. The number of aliphatic carboxylic acids is 1. The summed E-state index contributed by atoms with van der Waals surface area (Å²) in [5.74, 6) is -1.20. The highest BCUT2D eigenvalue weighted by Gasteiger charge is 2.53. The van der Waals surface area contributed by atoms with E-state index in [1.165, 1.54) is 0 Å². The summed E-state index contributed by atoms with van der Waals surface area (Å²) < 4.78 is 10.7. The van der Waals surface area contributed by atoms with Crippen molar-refractivity contribution >= 4 is 12.0 Å². The van der Waals surface area contributed by atoms with Crippen molar-refractivity contribution in [3.8, 4) is 0 Å². The van der Waals surface area contributed by atoms with Gasteiger partial charge in [-0.1, -0.05) is 0 Å². The number of hydrogen-bond acceptors (Lipinski definition) is 4. The Morgan fingerprint density at radius 2 is 1.71 bits per heavy atom. The minimum atomic E-state index is -0.786. The number of amides is 2. The smallest absolute Gasteiger partial charge is 0.320 e. The molecule has 7 nitrogen and oxygen atoms in total. The molecule has 2 amide bonds. The fourth-order valence-electron chi connectivity index (χ4n) is 4.07. The fourth-order valence-corrected chi connectivity index (χ4v) is 4.07. The molecule has 1 N–H and O–H groups in total. The van der Waals surface area contributed by atoms with Crippen molar-refractivity contribution in [2.75, 3.05) is 27.3 Å². The zero-order valence-electron chi connectivity index (χ0n) is 12.4.